The molecule has 0 spiro atoms. The first kappa shape index (κ1) is 21.1. The SMILES string of the molecule is CC(N)CNc1nc(Nc2cc(N)cc(Cl)c2)c2nnc(C(C)C)c-2n1C(C)C. The lowest BCUT2D eigenvalue weighted by atomic mass is 10.1. The Balaban J connectivity index is 2.18. The molecule has 0 amide bonds. The number of nitrogens with two attached hydrogens (primary N) is 2. The molecule has 156 valence electrons. The van der Waals surface area contributed by atoms with E-state index >= 15 is 0 Å². The zero-order valence-corrected chi connectivity index (χ0v) is 18.2. The molecule has 3 rings (SSSR count). The third-order valence-corrected chi connectivity index (χ3v) is 4.68. The van der Waals surface area contributed by atoms with Crippen molar-refractivity contribution in [3.8, 4) is 11.4 Å². The fourth-order valence-corrected chi connectivity index (χ4v) is 3.46. The number of hydrogen-bond acceptors (Lipinski definition) is 7. The van der Waals surface area contributed by atoms with Crippen LogP contribution in [0.1, 0.15) is 52.3 Å². The van der Waals surface area contributed by atoms with E-state index < -0.39 is 0 Å². The van der Waals surface area contributed by atoms with Crippen LogP contribution in [0.25, 0.3) is 11.4 Å². The fourth-order valence-electron chi connectivity index (χ4n) is 3.21. The highest BCUT2D eigenvalue weighted by Gasteiger charge is 2.28. The van der Waals surface area contributed by atoms with Crippen molar-refractivity contribution in [2.75, 3.05) is 22.9 Å². The van der Waals surface area contributed by atoms with Gasteiger partial charge in [-0.15, -0.1) is 5.10 Å². The molecular formula is C20H29ClN8. The summed E-state index contributed by atoms with van der Waals surface area (Å²) in [7, 11) is 0. The minimum Gasteiger partial charge on any atom is -0.399 e. The molecule has 0 bridgehead atoms. The Bertz CT molecular complexity index is 943. The summed E-state index contributed by atoms with van der Waals surface area (Å²) in [4.78, 5) is 4.82. The van der Waals surface area contributed by atoms with E-state index in [4.69, 9.17) is 28.1 Å². The predicted molar refractivity (Wildman–Crippen MR) is 120 cm³/mol. The topological polar surface area (TPSA) is 120 Å². The van der Waals surface area contributed by atoms with Crippen molar-refractivity contribution < 1.29 is 0 Å². The minimum absolute atomic E-state index is 0.0160. The molecule has 9 heteroatoms. The van der Waals surface area contributed by atoms with Crippen LogP contribution in [0.2, 0.25) is 5.02 Å². The Morgan fingerprint density at radius 2 is 1.83 bits per heavy atom. The summed E-state index contributed by atoms with van der Waals surface area (Å²) in [5, 5.41) is 16.1. The van der Waals surface area contributed by atoms with Crippen LogP contribution in [0, 0.1) is 0 Å². The van der Waals surface area contributed by atoms with Crippen molar-refractivity contribution in [1.82, 2.24) is 19.7 Å². The van der Waals surface area contributed by atoms with Crippen LogP contribution in [-0.4, -0.2) is 32.3 Å². The quantitative estimate of drug-likeness (QED) is 0.425. The minimum atomic E-state index is -0.0160. The number of halogens is 1. The van der Waals surface area contributed by atoms with Crippen LogP contribution in [0.3, 0.4) is 0 Å². The van der Waals surface area contributed by atoms with E-state index in [0.717, 1.165) is 17.1 Å². The second-order valence-corrected chi connectivity index (χ2v) is 8.38. The predicted octanol–water partition coefficient (Wildman–Crippen LogP) is 4.22. The summed E-state index contributed by atoms with van der Waals surface area (Å²) < 4.78 is 2.13. The standard InChI is InChI=1S/C20H29ClN8/c1-10(2)16-18-17(28-27-16)19(25-15-7-13(21)6-14(23)8-15)26-20(24-9-12(5)22)29(18)11(3)4/h6-8,10-12,25H,9,22-23H2,1-5H3,(H,24,26). The summed E-state index contributed by atoms with van der Waals surface area (Å²) in [5.41, 5.74) is 15.8. The largest absolute Gasteiger partial charge is 0.399 e. The molecule has 0 aromatic heterocycles. The summed E-state index contributed by atoms with van der Waals surface area (Å²) in [5.74, 6) is 1.51. The first-order chi connectivity index (χ1) is 13.7. The van der Waals surface area contributed by atoms with E-state index in [0.29, 0.717) is 34.7 Å². The Hall–Kier alpha value is -2.58. The molecule has 2 aliphatic heterocycles. The van der Waals surface area contributed by atoms with E-state index in [9.17, 15) is 0 Å². The molecule has 1 aromatic rings. The number of rotatable bonds is 7. The molecule has 2 heterocycles. The second-order valence-electron chi connectivity index (χ2n) is 7.94. The van der Waals surface area contributed by atoms with Gasteiger partial charge in [-0.1, -0.05) is 25.4 Å². The average Bonchev–Trinajstić information content (AvgIpc) is 3.03. The number of nitrogens with one attached hydrogen (secondary N) is 2. The molecule has 1 unspecified atom stereocenters. The number of nitrogen functional groups attached to an aromatic ring is 1. The van der Waals surface area contributed by atoms with Gasteiger partial charge in [0.15, 0.2) is 11.5 Å². The molecule has 1 aromatic carbocycles. The van der Waals surface area contributed by atoms with Crippen LogP contribution >= 0.6 is 11.6 Å². The second kappa shape index (κ2) is 8.42. The van der Waals surface area contributed by atoms with Crippen molar-refractivity contribution in [2.24, 2.45) is 5.73 Å². The van der Waals surface area contributed by atoms with Gasteiger partial charge in [0.25, 0.3) is 0 Å². The summed E-state index contributed by atoms with van der Waals surface area (Å²) in [6.45, 7) is 11.0. The van der Waals surface area contributed by atoms with Gasteiger partial charge in [0.05, 0.1) is 11.4 Å². The maximum Gasteiger partial charge on any atom is 0.205 e. The molecule has 2 aliphatic rings. The van der Waals surface area contributed by atoms with Gasteiger partial charge in [0.2, 0.25) is 5.95 Å². The highest BCUT2D eigenvalue weighted by Crippen LogP contribution is 2.38. The maximum atomic E-state index is 6.16. The van der Waals surface area contributed by atoms with Crippen molar-refractivity contribution in [3.05, 3.63) is 28.9 Å². The summed E-state index contributed by atoms with van der Waals surface area (Å²) >= 11 is 6.16. The summed E-state index contributed by atoms with van der Waals surface area (Å²) in [6.07, 6.45) is 0. The molecule has 0 fully saturated rings. The Morgan fingerprint density at radius 1 is 1.10 bits per heavy atom. The first-order valence-corrected chi connectivity index (χ1v) is 10.2. The van der Waals surface area contributed by atoms with Crippen LogP contribution in [0.5, 0.6) is 0 Å². The molecule has 29 heavy (non-hydrogen) atoms. The van der Waals surface area contributed by atoms with Gasteiger partial charge in [-0.3, -0.25) is 0 Å². The van der Waals surface area contributed by atoms with Crippen molar-refractivity contribution >= 4 is 34.7 Å². The Kier molecular flexibility index (Phi) is 6.14. The Labute approximate surface area is 176 Å². The van der Waals surface area contributed by atoms with Gasteiger partial charge < -0.3 is 26.7 Å². The number of fused-ring (bicyclic) bond motifs is 1. The monoisotopic (exact) mass is 416 g/mol. The number of aromatic nitrogens is 4. The lowest BCUT2D eigenvalue weighted by molar-refractivity contribution is 0.591. The van der Waals surface area contributed by atoms with Crippen LogP contribution in [-0.2, 0) is 0 Å². The number of benzene rings is 1. The lowest BCUT2D eigenvalue weighted by Gasteiger charge is -2.25. The van der Waals surface area contributed by atoms with Gasteiger partial charge >= 0.3 is 0 Å². The van der Waals surface area contributed by atoms with Crippen molar-refractivity contribution in [1.29, 1.82) is 0 Å². The van der Waals surface area contributed by atoms with Crippen LogP contribution < -0.4 is 22.1 Å². The third-order valence-electron chi connectivity index (χ3n) is 4.46. The fraction of sp³-hybridized carbons (Fsp3) is 0.450. The maximum absolute atomic E-state index is 6.16. The third kappa shape index (κ3) is 4.54. The van der Waals surface area contributed by atoms with Gasteiger partial charge in [0, 0.05) is 35.0 Å². The van der Waals surface area contributed by atoms with Gasteiger partial charge in [-0.25, -0.2) is 0 Å². The van der Waals surface area contributed by atoms with E-state index in [1.165, 1.54) is 0 Å². The van der Waals surface area contributed by atoms with Gasteiger partial charge in [0.1, 0.15) is 0 Å². The number of hydrogen-bond donors (Lipinski definition) is 4. The molecule has 6 N–H and O–H groups in total. The number of nitrogens with zero attached hydrogens (tertiary/aromatic N) is 4. The van der Waals surface area contributed by atoms with E-state index in [-0.39, 0.29) is 18.0 Å². The molecule has 0 aliphatic carbocycles. The molecule has 1 atom stereocenters. The molecule has 0 saturated carbocycles. The van der Waals surface area contributed by atoms with E-state index in [1.54, 1.807) is 18.2 Å². The molecule has 0 saturated heterocycles. The first-order valence-electron chi connectivity index (χ1n) is 9.78. The van der Waals surface area contributed by atoms with Crippen molar-refractivity contribution in [2.45, 2.75) is 52.6 Å². The van der Waals surface area contributed by atoms with Crippen LogP contribution in [0.4, 0.5) is 23.1 Å². The lowest BCUT2D eigenvalue weighted by Crippen LogP contribution is -2.28. The highest BCUT2D eigenvalue weighted by molar-refractivity contribution is 6.31. The molecule has 8 nitrogen and oxygen atoms in total. The normalized spacial score (nSPS) is 12.7. The smallest absolute Gasteiger partial charge is 0.205 e. The number of anilines is 4. The Morgan fingerprint density at radius 3 is 2.41 bits per heavy atom. The van der Waals surface area contributed by atoms with Gasteiger partial charge in [-0.05, 0) is 44.9 Å². The summed E-state index contributed by atoms with van der Waals surface area (Å²) in [6, 6.07) is 5.43. The van der Waals surface area contributed by atoms with Crippen molar-refractivity contribution in [3.63, 3.8) is 0 Å². The van der Waals surface area contributed by atoms with Crippen LogP contribution in [0.15, 0.2) is 18.2 Å². The van der Waals surface area contributed by atoms with E-state index in [1.807, 2.05) is 6.92 Å². The van der Waals surface area contributed by atoms with Gasteiger partial charge in [-0.2, -0.15) is 10.1 Å². The zero-order chi connectivity index (χ0) is 21.3. The highest BCUT2D eigenvalue weighted by atomic mass is 35.5. The van der Waals surface area contributed by atoms with E-state index in [2.05, 4.69) is 53.1 Å². The zero-order valence-electron chi connectivity index (χ0n) is 17.5. The molecule has 0 radical (unpaired) electrons. The average molecular weight is 417 g/mol. The molecular weight excluding hydrogens is 388 g/mol.